The average Bonchev–Trinajstić information content (AvgIpc) is 2.18. The van der Waals surface area contributed by atoms with E-state index < -0.39 is 0 Å². The number of benzene rings is 1. The molecule has 90 valence electrons. The summed E-state index contributed by atoms with van der Waals surface area (Å²) in [7, 11) is 0. The molecule has 3 N–H and O–H groups in total. The van der Waals surface area contributed by atoms with E-state index in [2.05, 4.69) is 5.32 Å². The normalized spacial score (nSPS) is 11.4. The third kappa shape index (κ3) is 4.77. The van der Waals surface area contributed by atoms with E-state index in [1.807, 2.05) is 13.2 Å². The molecule has 0 heterocycles. The Kier molecular flexibility index (Phi) is 7.01. The molecule has 1 unspecified atom stereocenters. The van der Waals surface area contributed by atoms with Gasteiger partial charge in [-0.1, -0.05) is 0 Å². The van der Waals surface area contributed by atoms with Crippen molar-refractivity contribution in [3.63, 3.8) is 0 Å². The SMILES string of the molecule is CSCC(C)NC(=O)c1ccc(N)cc1.Cl. The van der Waals surface area contributed by atoms with Crippen LogP contribution in [0.15, 0.2) is 24.3 Å². The fourth-order valence-corrected chi connectivity index (χ4v) is 1.82. The largest absolute Gasteiger partial charge is 0.399 e. The molecule has 0 fully saturated rings. The van der Waals surface area contributed by atoms with Crippen LogP contribution in [0.2, 0.25) is 0 Å². The number of hydrogen-bond acceptors (Lipinski definition) is 3. The van der Waals surface area contributed by atoms with Gasteiger partial charge in [0.1, 0.15) is 0 Å². The predicted octanol–water partition coefficient (Wildman–Crippen LogP) is 2.17. The first-order chi connectivity index (χ1) is 7.13. The predicted molar refractivity (Wildman–Crippen MR) is 73.4 cm³/mol. The van der Waals surface area contributed by atoms with E-state index in [1.165, 1.54) is 0 Å². The van der Waals surface area contributed by atoms with Crippen LogP contribution in [0, 0.1) is 0 Å². The van der Waals surface area contributed by atoms with Gasteiger partial charge < -0.3 is 11.1 Å². The highest BCUT2D eigenvalue weighted by molar-refractivity contribution is 7.98. The van der Waals surface area contributed by atoms with Gasteiger partial charge in [-0.3, -0.25) is 4.79 Å². The fourth-order valence-electron chi connectivity index (χ4n) is 1.23. The summed E-state index contributed by atoms with van der Waals surface area (Å²) in [4.78, 5) is 11.7. The van der Waals surface area contributed by atoms with E-state index in [0.717, 1.165) is 5.75 Å². The van der Waals surface area contributed by atoms with Crippen molar-refractivity contribution >= 4 is 35.8 Å². The van der Waals surface area contributed by atoms with Crippen molar-refractivity contribution in [3.8, 4) is 0 Å². The molecule has 0 spiro atoms. The zero-order valence-corrected chi connectivity index (χ0v) is 11.0. The summed E-state index contributed by atoms with van der Waals surface area (Å²) in [6, 6.07) is 7.11. The van der Waals surface area contributed by atoms with Gasteiger partial charge in [0.05, 0.1) is 0 Å². The van der Waals surface area contributed by atoms with Gasteiger partial charge in [0.15, 0.2) is 0 Å². The number of thioether (sulfide) groups is 1. The molecule has 5 heteroatoms. The highest BCUT2D eigenvalue weighted by Crippen LogP contribution is 2.06. The van der Waals surface area contributed by atoms with Gasteiger partial charge in [-0.25, -0.2) is 0 Å². The zero-order valence-electron chi connectivity index (χ0n) is 9.40. The van der Waals surface area contributed by atoms with Gasteiger partial charge in [-0.2, -0.15) is 11.8 Å². The Morgan fingerprint density at radius 1 is 1.44 bits per heavy atom. The van der Waals surface area contributed by atoms with Crippen molar-refractivity contribution in [2.45, 2.75) is 13.0 Å². The van der Waals surface area contributed by atoms with E-state index >= 15 is 0 Å². The van der Waals surface area contributed by atoms with Crippen LogP contribution in [0.1, 0.15) is 17.3 Å². The zero-order chi connectivity index (χ0) is 11.3. The molecule has 0 bridgehead atoms. The van der Waals surface area contributed by atoms with Gasteiger partial charge >= 0.3 is 0 Å². The number of amides is 1. The van der Waals surface area contributed by atoms with Crippen molar-refractivity contribution in [1.29, 1.82) is 0 Å². The van der Waals surface area contributed by atoms with Crippen LogP contribution in [0.5, 0.6) is 0 Å². The highest BCUT2D eigenvalue weighted by atomic mass is 35.5. The minimum absolute atomic E-state index is 0. The average molecular weight is 261 g/mol. The van der Waals surface area contributed by atoms with Gasteiger partial charge in [-0.05, 0) is 37.4 Å². The van der Waals surface area contributed by atoms with Gasteiger partial charge in [0.2, 0.25) is 0 Å². The molecule has 1 aromatic rings. The van der Waals surface area contributed by atoms with Gasteiger partial charge in [0, 0.05) is 23.0 Å². The number of nitrogens with one attached hydrogen (secondary N) is 1. The smallest absolute Gasteiger partial charge is 0.251 e. The molecule has 0 radical (unpaired) electrons. The van der Waals surface area contributed by atoms with E-state index in [0.29, 0.717) is 11.3 Å². The molecule has 1 aromatic carbocycles. The van der Waals surface area contributed by atoms with E-state index in [4.69, 9.17) is 5.73 Å². The van der Waals surface area contributed by atoms with Crippen LogP contribution in [0.25, 0.3) is 0 Å². The Morgan fingerprint density at radius 2 is 2.00 bits per heavy atom. The van der Waals surface area contributed by atoms with Crippen LogP contribution in [0.4, 0.5) is 5.69 Å². The molecule has 0 aliphatic carbocycles. The molecule has 1 atom stereocenters. The van der Waals surface area contributed by atoms with E-state index in [-0.39, 0.29) is 24.4 Å². The highest BCUT2D eigenvalue weighted by Gasteiger charge is 2.08. The first-order valence-electron chi connectivity index (χ1n) is 4.79. The van der Waals surface area contributed by atoms with Crippen molar-refractivity contribution in [1.82, 2.24) is 5.32 Å². The van der Waals surface area contributed by atoms with Crippen LogP contribution in [-0.2, 0) is 0 Å². The molecule has 3 nitrogen and oxygen atoms in total. The lowest BCUT2D eigenvalue weighted by Crippen LogP contribution is -2.34. The van der Waals surface area contributed by atoms with E-state index in [1.54, 1.807) is 36.0 Å². The van der Waals surface area contributed by atoms with Crippen molar-refractivity contribution in [2.75, 3.05) is 17.7 Å². The van der Waals surface area contributed by atoms with Gasteiger partial charge in [-0.15, -0.1) is 12.4 Å². The number of halogens is 1. The summed E-state index contributed by atoms with van der Waals surface area (Å²) in [6.07, 6.45) is 2.02. The summed E-state index contributed by atoms with van der Waals surface area (Å²) in [5, 5.41) is 2.92. The number of carbonyl (C=O) groups is 1. The maximum Gasteiger partial charge on any atom is 0.251 e. The molecule has 0 saturated heterocycles. The van der Waals surface area contributed by atoms with Crippen LogP contribution < -0.4 is 11.1 Å². The molecule has 1 amide bonds. The Hall–Kier alpha value is -0.870. The number of carbonyl (C=O) groups excluding carboxylic acids is 1. The molecule has 0 aliphatic rings. The Bertz CT molecular complexity index is 329. The molecule has 0 saturated carbocycles. The van der Waals surface area contributed by atoms with E-state index in [9.17, 15) is 4.79 Å². The monoisotopic (exact) mass is 260 g/mol. The molecular weight excluding hydrogens is 244 g/mol. The quantitative estimate of drug-likeness (QED) is 0.816. The Morgan fingerprint density at radius 3 is 2.50 bits per heavy atom. The number of nitrogen functional groups attached to an aromatic ring is 1. The summed E-state index contributed by atoms with van der Waals surface area (Å²) < 4.78 is 0. The molecule has 0 aliphatic heterocycles. The van der Waals surface area contributed by atoms with Crippen LogP contribution in [0.3, 0.4) is 0 Å². The third-order valence-corrected chi connectivity index (χ3v) is 2.80. The van der Waals surface area contributed by atoms with Crippen LogP contribution >= 0.6 is 24.2 Å². The van der Waals surface area contributed by atoms with Gasteiger partial charge in [0.25, 0.3) is 5.91 Å². The maximum absolute atomic E-state index is 11.7. The summed E-state index contributed by atoms with van der Waals surface area (Å²) >= 11 is 1.71. The third-order valence-electron chi connectivity index (χ3n) is 1.97. The van der Waals surface area contributed by atoms with Crippen LogP contribution in [-0.4, -0.2) is 24.0 Å². The minimum Gasteiger partial charge on any atom is -0.399 e. The first kappa shape index (κ1) is 15.1. The summed E-state index contributed by atoms with van der Waals surface area (Å²) in [6.45, 7) is 1.99. The molecule has 0 aromatic heterocycles. The standard InChI is InChI=1S/C11H16N2OS.ClH/c1-8(7-15-2)13-11(14)9-3-5-10(12)6-4-9;/h3-6,8H,7,12H2,1-2H3,(H,13,14);1H. The lowest BCUT2D eigenvalue weighted by Gasteiger charge is -2.12. The second kappa shape index (κ2) is 7.41. The summed E-state index contributed by atoms with van der Waals surface area (Å²) in [5.41, 5.74) is 6.86. The van der Waals surface area contributed by atoms with Crippen molar-refractivity contribution in [2.24, 2.45) is 0 Å². The molecule has 1 rings (SSSR count). The second-order valence-corrected chi connectivity index (χ2v) is 4.36. The number of hydrogen-bond donors (Lipinski definition) is 2. The van der Waals surface area contributed by atoms with Crippen molar-refractivity contribution < 1.29 is 4.79 Å². The Balaban J connectivity index is 0.00000225. The minimum atomic E-state index is -0.0449. The Labute approximate surface area is 107 Å². The molecular formula is C11H17ClN2OS. The topological polar surface area (TPSA) is 55.1 Å². The number of anilines is 1. The first-order valence-corrected chi connectivity index (χ1v) is 6.18. The summed E-state index contributed by atoms with van der Waals surface area (Å²) in [5.74, 6) is 0.873. The van der Waals surface area contributed by atoms with Crippen molar-refractivity contribution in [3.05, 3.63) is 29.8 Å². The molecule has 16 heavy (non-hydrogen) atoms. The second-order valence-electron chi connectivity index (χ2n) is 3.45. The lowest BCUT2D eigenvalue weighted by molar-refractivity contribution is 0.0944. The lowest BCUT2D eigenvalue weighted by atomic mass is 10.2. The maximum atomic E-state index is 11.7. The number of rotatable bonds is 4. The fraction of sp³-hybridized carbons (Fsp3) is 0.364. The number of nitrogens with two attached hydrogens (primary N) is 1.